The van der Waals surface area contributed by atoms with Crippen molar-refractivity contribution < 1.29 is 13.1 Å². The van der Waals surface area contributed by atoms with E-state index in [0.29, 0.717) is 11.4 Å². The van der Waals surface area contributed by atoms with E-state index in [1.54, 1.807) is 20.0 Å². The van der Waals surface area contributed by atoms with Crippen LogP contribution in [0.15, 0.2) is 22.2 Å². The summed E-state index contributed by atoms with van der Waals surface area (Å²) >= 11 is 0.194. The van der Waals surface area contributed by atoms with Gasteiger partial charge in [0.05, 0.1) is 22.2 Å². The molecule has 0 saturated heterocycles. The normalized spacial score (nSPS) is 11.3. The van der Waals surface area contributed by atoms with Crippen molar-refractivity contribution in [3.63, 3.8) is 0 Å². The Hall–Kier alpha value is -1.30. The van der Waals surface area contributed by atoms with Crippen molar-refractivity contribution in [2.45, 2.75) is 13.8 Å². The van der Waals surface area contributed by atoms with Gasteiger partial charge in [0.25, 0.3) is 0 Å². The monoisotopic (exact) mass is 339 g/mol. The number of aliphatic imine (C=N–C) groups is 1. The van der Waals surface area contributed by atoms with E-state index in [2.05, 4.69) is 15.0 Å². The summed E-state index contributed by atoms with van der Waals surface area (Å²) in [5, 5.41) is 12.1. The molecule has 102 valence electrons. The summed E-state index contributed by atoms with van der Waals surface area (Å²) in [6.45, 7) is 10.2. The van der Waals surface area contributed by atoms with Crippen molar-refractivity contribution in [2.24, 2.45) is 17.1 Å². The first-order valence-electron chi connectivity index (χ1n) is 4.89. The van der Waals surface area contributed by atoms with Crippen molar-refractivity contribution in [3.8, 4) is 6.19 Å². The first-order chi connectivity index (χ1) is 9.03. The molecule has 0 spiro atoms. The van der Waals surface area contributed by atoms with E-state index < -0.39 is 0 Å². The van der Waals surface area contributed by atoms with Crippen LogP contribution in [0.3, 0.4) is 0 Å². The predicted molar refractivity (Wildman–Crippen MR) is 73.8 cm³/mol. The molecule has 0 radical (unpaired) electrons. The molecule has 0 bridgehead atoms. The van der Waals surface area contributed by atoms with Gasteiger partial charge in [0, 0.05) is 7.05 Å². The molecule has 0 aliphatic carbocycles. The van der Waals surface area contributed by atoms with E-state index >= 15 is 0 Å². The van der Waals surface area contributed by atoms with E-state index in [0.717, 1.165) is 11.4 Å². The topological polar surface area (TPSA) is 57.8 Å². The van der Waals surface area contributed by atoms with Crippen molar-refractivity contribution in [3.05, 3.63) is 35.0 Å². The third kappa shape index (κ3) is 5.46. The Kier molecular flexibility index (Phi) is 8.95. The van der Waals surface area contributed by atoms with Crippen LogP contribution in [0.25, 0.3) is 4.95 Å². The van der Waals surface area contributed by atoms with Crippen LogP contribution >= 0.6 is 20.2 Å². The van der Waals surface area contributed by atoms with Crippen LogP contribution in [0, 0.1) is 18.0 Å². The second-order valence-corrected chi connectivity index (χ2v) is 5.12. The van der Waals surface area contributed by atoms with Crippen molar-refractivity contribution >= 4 is 31.6 Å². The number of aromatic nitrogens is 1. The zero-order chi connectivity index (χ0) is 14.8. The average molecular weight is 340 g/mol. The molecule has 5 nitrogen and oxygen atoms in total. The zero-order valence-corrected chi connectivity index (χ0v) is 13.1. The Bertz CT molecular complexity index is 515. The fourth-order valence-corrected chi connectivity index (χ4v) is 1.50. The summed E-state index contributed by atoms with van der Waals surface area (Å²) in [5.74, 6) is 0. The first kappa shape index (κ1) is 17.7. The Morgan fingerprint density at radius 1 is 1.37 bits per heavy atom. The van der Waals surface area contributed by atoms with Crippen LogP contribution in [0.1, 0.15) is 25.2 Å². The third-order valence-electron chi connectivity index (χ3n) is 2.28. The molecule has 0 saturated carbocycles. The Balaban J connectivity index is 0.000000982. The van der Waals surface area contributed by atoms with E-state index in [1.807, 2.05) is 23.7 Å². The minimum atomic E-state index is 0.194. The number of hydrogen-bond acceptors (Lipinski definition) is 3. The van der Waals surface area contributed by atoms with Crippen LogP contribution < -0.4 is 0 Å². The molecule has 1 rings (SSSR count). The summed E-state index contributed by atoms with van der Waals surface area (Å²) < 4.78 is 1.86. The van der Waals surface area contributed by atoms with E-state index in [1.165, 1.54) is 0 Å². The number of rotatable bonds is 2. The molecule has 0 unspecified atom stereocenters. The Morgan fingerprint density at radius 3 is 2.26 bits per heavy atom. The minimum absolute atomic E-state index is 0.194. The van der Waals surface area contributed by atoms with E-state index in [-0.39, 0.29) is 13.1 Å². The molecule has 0 aromatic carbocycles. The van der Waals surface area contributed by atoms with Crippen LogP contribution in [0.5, 0.6) is 0 Å². The molecule has 0 atom stereocenters. The van der Waals surface area contributed by atoms with Crippen molar-refractivity contribution in [1.82, 2.24) is 4.57 Å². The van der Waals surface area contributed by atoms with Gasteiger partial charge in [-0.15, -0.1) is 4.95 Å². The van der Waals surface area contributed by atoms with E-state index in [9.17, 15) is 0 Å². The molecule has 1 aromatic heterocycles. The van der Waals surface area contributed by atoms with Crippen molar-refractivity contribution in [1.29, 1.82) is 5.26 Å². The molecule has 0 N–H and O–H groups in total. The van der Waals surface area contributed by atoms with Gasteiger partial charge in [-0.05, 0) is 26.0 Å². The predicted octanol–water partition coefficient (Wildman–Crippen LogP) is 3.33. The maximum absolute atomic E-state index is 8.48. The summed E-state index contributed by atoms with van der Waals surface area (Å²) in [5.41, 5.74) is 2.98. The molecule has 1 aromatic rings. The maximum atomic E-state index is 8.48. The fraction of sp³-hybridized carbons (Fsp3) is 0.273. The number of hydrogen-bond donors (Lipinski definition) is 0. The number of halogens is 2. The quantitative estimate of drug-likeness (QED) is 0.268. The van der Waals surface area contributed by atoms with Gasteiger partial charge in [-0.25, -0.2) is 0 Å². The van der Waals surface area contributed by atoms with Gasteiger partial charge < -0.3 is 4.57 Å². The van der Waals surface area contributed by atoms with Crippen LogP contribution in [-0.4, -0.2) is 16.0 Å². The second-order valence-electron chi connectivity index (χ2n) is 3.30. The molecular formula is C11H11Cl2FeN5. The number of nitrogens with zero attached hydrogens (tertiary/aromatic N) is 5. The van der Waals surface area contributed by atoms with E-state index in [4.69, 9.17) is 32.0 Å². The summed E-state index contributed by atoms with van der Waals surface area (Å²) in [6, 6.07) is 3.71. The molecule has 0 fully saturated rings. The van der Waals surface area contributed by atoms with Gasteiger partial charge in [0.1, 0.15) is 5.71 Å². The molecule has 0 aliphatic rings. The summed E-state index contributed by atoms with van der Waals surface area (Å²) in [7, 11) is 11.4. The van der Waals surface area contributed by atoms with Gasteiger partial charge in [0.15, 0.2) is 0 Å². The van der Waals surface area contributed by atoms with Gasteiger partial charge in [-0.3, -0.25) is 0 Å². The average Bonchev–Trinajstić information content (AvgIpc) is 2.73. The number of nitriles is 1. The molecule has 0 aliphatic heterocycles. The standard InChI is InChI=1S/C11H11N5.2ClH.Fe/c1-8(14-7-12)10-5-6-11(16(10)4)9(2)15-13-3;;;/h5-6H,1-2,4H3;2*1H;/q;;;+2/p-2/b14-8?,15-9+;;;. The molecule has 1 heterocycles. The zero-order valence-electron chi connectivity index (χ0n) is 10.5. The van der Waals surface area contributed by atoms with Gasteiger partial charge in [-0.1, -0.05) is 0 Å². The van der Waals surface area contributed by atoms with Gasteiger partial charge >= 0.3 is 33.3 Å². The van der Waals surface area contributed by atoms with Crippen LogP contribution in [0.2, 0.25) is 0 Å². The van der Waals surface area contributed by atoms with Crippen LogP contribution in [0.4, 0.5) is 0 Å². The summed E-state index contributed by atoms with van der Waals surface area (Å²) in [4.78, 5) is 6.66. The fourth-order valence-electron chi connectivity index (χ4n) is 1.50. The second kappa shape index (κ2) is 9.61. The Morgan fingerprint density at radius 2 is 1.84 bits per heavy atom. The van der Waals surface area contributed by atoms with Gasteiger partial charge in [-0.2, -0.15) is 16.8 Å². The van der Waals surface area contributed by atoms with Gasteiger partial charge in [0.2, 0.25) is 6.19 Å². The third-order valence-corrected chi connectivity index (χ3v) is 2.28. The van der Waals surface area contributed by atoms with Crippen LogP contribution in [-0.2, 0) is 20.2 Å². The first-order valence-corrected chi connectivity index (χ1v) is 7.93. The SMILES string of the molecule is [C-]#[N+]/N=C(\C)c1ccc(C(C)=NC#N)n1C.[Cl][Fe][Cl]. The van der Waals surface area contributed by atoms with Crippen molar-refractivity contribution in [2.75, 3.05) is 0 Å². The molecule has 8 heteroatoms. The Labute approximate surface area is 127 Å². The molecular weight excluding hydrogens is 329 g/mol. The molecule has 0 amide bonds. The summed E-state index contributed by atoms with van der Waals surface area (Å²) in [6.07, 6.45) is 1.75. The molecule has 19 heavy (non-hydrogen) atoms.